The molecule has 154 valence electrons. The van der Waals surface area contributed by atoms with Crippen molar-refractivity contribution in [2.45, 2.75) is 13.8 Å². The molecule has 2 aromatic rings. The molecule has 0 aliphatic rings. The molecule has 29 heavy (non-hydrogen) atoms. The van der Waals surface area contributed by atoms with Crippen LogP contribution >= 0.6 is 82.8 Å². The maximum atomic E-state index is 5.88. The molecule has 0 aliphatic heterocycles. The van der Waals surface area contributed by atoms with Crippen molar-refractivity contribution in [3.63, 3.8) is 0 Å². The molecule has 0 fully saturated rings. The summed E-state index contributed by atoms with van der Waals surface area (Å²) in [4.78, 5) is 0. The van der Waals surface area contributed by atoms with Crippen LogP contribution in [-0.4, -0.2) is 19.9 Å². The summed E-state index contributed by atoms with van der Waals surface area (Å²) in [7, 11) is 0. The van der Waals surface area contributed by atoms with Crippen molar-refractivity contribution >= 4 is 91.2 Å². The average molecular weight is 520 g/mol. The molecule has 0 aliphatic carbocycles. The Kier molecular flexibility index (Phi) is 14.2. The molecule has 0 bridgehead atoms. The predicted octanol–water partition coefficient (Wildman–Crippen LogP) is 9.13. The molecule has 2 aromatic carbocycles. The lowest BCUT2D eigenvalue weighted by Gasteiger charge is -2.02. The molecule has 0 spiro atoms. The van der Waals surface area contributed by atoms with Crippen molar-refractivity contribution in [2.75, 3.05) is 11.5 Å². The van der Waals surface area contributed by atoms with Gasteiger partial charge in [0.25, 0.3) is 0 Å². The summed E-state index contributed by atoms with van der Waals surface area (Å²) in [5.41, 5.74) is 2.12. The maximum absolute atomic E-state index is 5.88. The van der Waals surface area contributed by atoms with Crippen LogP contribution < -0.4 is 0 Å². The van der Waals surface area contributed by atoms with Gasteiger partial charge >= 0.3 is 0 Å². The van der Waals surface area contributed by atoms with Crippen LogP contribution in [0.2, 0.25) is 5.02 Å². The Bertz CT molecular complexity index is 840. The van der Waals surface area contributed by atoms with Gasteiger partial charge in [-0.1, -0.05) is 114 Å². The van der Waals surface area contributed by atoms with Crippen LogP contribution in [0.5, 0.6) is 0 Å². The summed E-state index contributed by atoms with van der Waals surface area (Å²) in [6, 6.07) is 17.5. The van der Waals surface area contributed by atoms with Crippen molar-refractivity contribution in [1.82, 2.24) is 0 Å². The molecule has 0 aromatic heterocycles. The normalized spacial score (nSPS) is 11.5. The van der Waals surface area contributed by atoms with Gasteiger partial charge in [-0.05, 0) is 37.1 Å². The fourth-order valence-corrected chi connectivity index (χ4v) is 4.41. The quantitative estimate of drug-likeness (QED) is 0.349. The van der Waals surface area contributed by atoms with E-state index in [2.05, 4.69) is 0 Å². The highest BCUT2D eigenvalue weighted by molar-refractivity contribution is 8.24. The van der Waals surface area contributed by atoms with Crippen molar-refractivity contribution in [2.24, 2.45) is 0 Å². The fraction of sp³-hybridized carbons (Fsp3) is 0.182. The van der Waals surface area contributed by atoms with Crippen LogP contribution in [0.3, 0.4) is 0 Å². The number of halogens is 3. The summed E-state index contributed by atoms with van der Waals surface area (Å²) >= 11 is 31.1. The Morgan fingerprint density at radius 3 is 2.00 bits per heavy atom. The SMILES string of the molecule is CC(Cl)=CCSC(=S)c1ccc(Cl)cc1.CC=C(Cl)CSC(=S)c1ccccc1. The molecule has 0 radical (unpaired) electrons. The predicted molar refractivity (Wildman–Crippen MR) is 145 cm³/mol. The van der Waals surface area contributed by atoms with E-state index in [4.69, 9.17) is 59.2 Å². The molecule has 0 saturated carbocycles. The second kappa shape index (κ2) is 15.5. The molecule has 2 rings (SSSR count). The number of thioether (sulfide) groups is 2. The first-order chi connectivity index (χ1) is 13.8. The third-order valence-corrected chi connectivity index (χ3v) is 7.20. The molecule has 0 amide bonds. The first kappa shape index (κ1) is 26.7. The lowest BCUT2D eigenvalue weighted by molar-refractivity contribution is 1.60. The van der Waals surface area contributed by atoms with E-state index in [9.17, 15) is 0 Å². The van der Waals surface area contributed by atoms with Crippen molar-refractivity contribution in [3.05, 3.63) is 93.0 Å². The molecule has 0 N–H and O–H groups in total. The van der Waals surface area contributed by atoms with Gasteiger partial charge in [-0.3, -0.25) is 0 Å². The van der Waals surface area contributed by atoms with Gasteiger partial charge in [0.15, 0.2) is 0 Å². The van der Waals surface area contributed by atoms with Gasteiger partial charge in [0, 0.05) is 26.6 Å². The van der Waals surface area contributed by atoms with E-state index in [1.807, 2.05) is 80.6 Å². The van der Waals surface area contributed by atoms with Crippen LogP contribution in [0.1, 0.15) is 25.0 Å². The second-order valence-corrected chi connectivity index (χ2v) is 10.4. The first-order valence-electron chi connectivity index (χ1n) is 8.61. The second-order valence-electron chi connectivity index (χ2n) is 5.57. The van der Waals surface area contributed by atoms with Gasteiger partial charge in [0.05, 0.1) is 8.39 Å². The van der Waals surface area contributed by atoms with E-state index in [1.165, 1.54) is 0 Å². The Balaban J connectivity index is 0.000000291. The van der Waals surface area contributed by atoms with E-state index < -0.39 is 0 Å². The highest BCUT2D eigenvalue weighted by Crippen LogP contribution is 2.19. The highest BCUT2D eigenvalue weighted by atomic mass is 35.5. The Labute approximate surface area is 208 Å². The van der Waals surface area contributed by atoms with Crippen molar-refractivity contribution in [1.29, 1.82) is 0 Å². The summed E-state index contributed by atoms with van der Waals surface area (Å²) in [6.07, 6.45) is 3.83. The highest BCUT2D eigenvalue weighted by Gasteiger charge is 2.02. The van der Waals surface area contributed by atoms with Crippen molar-refractivity contribution < 1.29 is 0 Å². The number of thiocarbonyl (C=S) groups is 2. The van der Waals surface area contributed by atoms with E-state index in [1.54, 1.807) is 23.5 Å². The molecular weight excluding hydrogens is 499 g/mol. The summed E-state index contributed by atoms with van der Waals surface area (Å²) in [6.45, 7) is 3.78. The summed E-state index contributed by atoms with van der Waals surface area (Å²) < 4.78 is 1.76. The molecule has 0 nitrogen and oxygen atoms in total. The summed E-state index contributed by atoms with van der Waals surface area (Å²) in [5, 5.41) is 2.36. The Morgan fingerprint density at radius 1 is 0.897 bits per heavy atom. The molecule has 0 unspecified atom stereocenters. The van der Waals surface area contributed by atoms with Gasteiger partial charge < -0.3 is 0 Å². The van der Waals surface area contributed by atoms with E-state index in [-0.39, 0.29) is 0 Å². The zero-order valence-corrected chi connectivity index (χ0v) is 21.6. The average Bonchev–Trinajstić information content (AvgIpc) is 2.73. The number of rotatable bonds is 6. The fourth-order valence-electron chi connectivity index (χ4n) is 1.78. The van der Waals surface area contributed by atoms with Gasteiger partial charge in [0.1, 0.15) is 0 Å². The minimum absolute atomic E-state index is 0.725. The maximum Gasteiger partial charge on any atom is 0.0781 e. The lowest BCUT2D eigenvalue weighted by Crippen LogP contribution is -1.92. The number of hydrogen-bond acceptors (Lipinski definition) is 4. The molecule has 0 atom stereocenters. The Morgan fingerprint density at radius 2 is 1.45 bits per heavy atom. The zero-order chi connectivity index (χ0) is 21.6. The lowest BCUT2D eigenvalue weighted by atomic mass is 10.2. The van der Waals surface area contributed by atoms with Gasteiger partial charge in [-0.15, -0.1) is 23.5 Å². The van der Waals surface area contributed by atoms with Crippen LogP contribution in [0.4, 0.5) is 0 Å². The van der Waals surface area contributed by atoms with Crippen LogP contribution in [-0.2, 0) is 0 Å². The minimum Gasteiger partial charge on any atom is -0.110 e. The number of benzene rings is 2. The monoisotopic (exact) mass is 518 g/mol. The van der Waals surface area contributed by atoms with Crippen LogP contribution in [0, 0.1) is 0 Å². The van der Waals surface area contributed by atoms with E-state index in [0.29, 0.717) is 0 Å². The van der Waals surface area contributed by atoms with Crippen LogP contribution in [0.15, 0.2) is 76.8 Å². The van der Waals surface area contributed by atoms with Gasteiger partial charge in [-0.25, -0.2) is 0 Å². The van der Waals surface area contributed by atoms with E-state index >= 15 is 0 Å². The smallest absolute Gasteiger partial charge is 0.0781 e. The minimum atomic E-state index is 0.725. The number of hydrogen-bond donors (Lipinski definition) is 0. The zero-order valence-electron chi connectivity index (χ0n) is 16.0. The summed E-state index contributed by atoms with van der Waals surface area (Å²) in [5.74, 6) is 1.56. The van der Waals surface area contributed by atoms with Crippen LogP contribution in [0.25, 0.3) is 0 Å². The van der Waals surface area contributed by atoms with Gasteiger partial charge in [0.2, 0.25) is 0 Å². The molecule has 0 heterocycles. The molecule has 0 saturated heterocycles. The van der Waals surface area contributed by atoms with Gasteiger partial charge in [-0.2, -0.15) is 0 Å². The standard InChI is InChI=1S/C11H10Cl2S2.C11H11ClS2/c1-8(12)6-7-15-11(14)9-2-4-10(13)5-3-9;1-2-10(12)8-14-11(13)9-6-4-3-5-7-9/h2-6H,7H2,1H3;2-7H,8H2,1H3. The largest absolute Gasteiger partial charge is 0.110 e. The van der Waals surface area contributed by atoms with Crippen molar-refractivity contribution in [3.8, 4) is 0 Å². The first-order valence-corrected chi connectivity index (χ1v) is 12.5. The Hall–Kier alpha value is -0.330. The third-order valence-electron chi connectivity index (χ3n) is 3.32. The van der Waals surface area contributed by atoms with E-state index in [0.717, 1.165) is 46.1 Å². The molecular formula is C22H21Cl3S4. The number of allylic oxidation sites excluding steroid dienone is 2. The molecule has 7 heteroatoms. The topological polar surface area (TPSA) is 0 Å². The third kappa shape index (κ3) is 12.2.